The summed E-state index contributed by atoms with van der Waals surface area (Å²) >= 11 is 9.96. The summed E-state index contributed by atoms with van der Waals surface area (Å²) in [7, 11) is 0. The number of nitrogens with zero attached hydrogens (tertiary/aromatic N) is 2. The molecule has 4 rings (SSSR count). The molecule has 0 saturated heterocycles. The van der Waals surface area contributed by atoms with Gasteiger partial charge >= 0.3 is 0 Å². The lowest BCUT2D eigenvalue weighted by atomic mass is 10.2. The number of ether oxygens (including phenoxy) is 2. The van der Waals surface area contributed by atoms with Gasteiger partial charge in [0.2, 0.25) is 0 Å². The normalized spacial score (nSPS) is 11.0. The van der Waals surface area contributed by atoms with E-state index in [2.05, 4.69) is 47.4 Å². The zero-order chi connectivity index (χ0) is 26.0. The van der Waals surface area contributed by atoms with Crippen molar-refractivity contribution in [2.24, 2.45) is 5.10 Å². The molecule has 0 radical (unpaired) electrons. The van der Waals surface area contributed by atoms with E-state index in [-0.39, 0.29) is 11.7 Å². The summed E-state index contributed by atoms with van der Waals surface area (Å²) in [4.78, 5) is 16.9. The van der Waals surface area contributed by atoms with Crippen molar-refractivity contribution in [1.82, 2.24) is 10.4 Å². The van der Waals surface area contributed by atoms with Crippen LogP contribution in [0.15, 0.2) is 90.5 Å². The third-order valence-electron chi connectivity index (χ3n) is 4.89. The van der Waals surface area contributed by atoms with Crippen molar-refractivity contribution in [3.8, 4) is 22.8 Å². The van der Waals surface area contributed by atoms with Gasteiger partial charge in [-0.3, -0.25) is 4.79 Å². The average molecular weight is 661 g/mol. The monoisotopic (exact) mass is 659 g/mol. The third kappa shape index (κ3) is 8.16. The number of carbonyl (C=O) groups is 1. The molecule has 0 aliphatic heterocycles. The van der Waals surface area contributed by atoms with E-state index in [9.17, 15) is 4.79 Å². The van der Waals surface area contributed by atoms with Crippen LogP contribution in [0.2, 0.25) is 0 Å². The fraction of sp³-hybridized carbons (Fsp3) is 0.148. The van der Waals surface area contributed by atoms with Gasteiger partial charge in [-0.2, -0.15) is 5.10 Å². The number of hydrogen-bond acceptors (Lipinski definition) is 7. The number of amides is 1. The van der Waals surface area contributed by atoms with E-state index in [1.807, 2.05) is 79.0 Å². The van der Waals surface area contributed by atoms with E-state index in [0.717, 1.165) is 35.7 Å². The molecule has 0 spiro atoms. The van der Waals surface area contributed by atoms with Gasteiger partial charge in [-0.1, -0.05) is 70.2 Å². The van der Waals surface area contributed by atoms with Gasteiger partial charge in [0.1, 0.15) is 6.61 Å². The molecule has 10 heteroatoms. The predicted molar refractivity (Wildman–Crippen MR) is 158 cm³/mol. The lowest BCUT2D eigenvalue weighted by molar-refractivity contribution is -0.118. The highest BCUT2D eigenvalue weighted by molar-refractivity contribution is 9.10. The van der Waals surface area contributed by atoms with Crippen LogP contribution in [-0.2, 0) is 11.4 Å². The van der Waals surface area contributed by atoms with Crippen LogP contribution in [0, 0.1) is 0 Å². The largest absolute Gasteiger partial charge is 0.490 e. The van der Waals surface area contributed by atoms with E-state index < -0.39 is 0 Å². The topological polar surface area (TPSA) is 72.8 Å². The SMILES string of the molecule is CCOc1cc(/C=N/NC(=O)CSc2nc(-c3ccccc3)cs2)cc(Br)c1OCc1cccc(Br)c1. The molecule has 1 heterocycles. The van der Waals surface area contributed by atoms with E-state index in [4.69, 9.17) is 9.47 Å². The smallest absolute Gasteiger partial charge is 0.250 e. The van der Waals surface area contributed by atoms with Crippen molar-refractivity contribution in [2.45, 2.75) is 17.9 Å². The minimum Gasteiger partial charge on any atom is -0.490 e. The number of halogens is 2. The van der Waals surface area contributed by atoms with Crippen molar-refractivity contribution in [1.29, 1.82) is 0 Å². The summed E-state index contributed by atoms with van der Waals surface area (Å²) in [5.74, 6) is 1.21. The third-order valence-corrected chi connectivity index (χ3v) is 7.99. The van der Waals surface area contributed by atoms with Crippen molar-refractivity contribution >= 4 is 67.1 Å². The molecule has 0 aliphatic carbocycles. The first kappa shape index (κ1) is 27.4. The molecule has 190 valence electrons. The molecule has 0 fully saturated rings. The quantitative estimate of drug-likeness (QED) is 0.102. The van der Waals surface area contributed by atoms with Crippen molar-refractivity contribution < 1.29 is 14.3 Å². The maximum Gasteiger partial charge on any atom is 0.250 e. The Labute approximate surface area is 240 Å². The Hall–Kier alpha value is -2.66. The molecule has 37 heavy (non-hydrogen) atoms. The van der Waals surface area contributed by atoms with Crippen LogP contribution in [0.5, 0.6) is 11.5 Å². The number of hydrazone groups is 1. The van der Waals surface area contributed by atoms with Gasteiger partial charge in [0.25, 0.3) is 5.91 Å². The fourth-order valence-corrected chi connectivity index (χ4v) is 5.90. The molecule has 0 saturated carbocycles. The number of rotatable bonds is 11. The van der Waals surface area contributed by atoms with E-state index in [1.54, 1.807) is 6.21 Å². The second-order valence-electron chi connectivity index (χ2n) is 7.63. The van der Waals surface area contributed by atoms with Gasteiger partial charge in [0, 0.05) is 15.4 Å². The number of nitrogens with one attached hydrogen (secondary N) is 1. The molecular formula is C27H23Br2N3O3S2. The maximum absolute atomic E-state index is 12.3. The van der Waals surface area contributed by atoms with Gasteiger partial charge < -0.3 is 9.47 Å². The zero-order valence-electron chi connectivity index (χ0n) is 19.8. The second-order valence-corrected chi connectivity index (χ2v) is 11.5. The van der Waals surface area contributed by atoms with Crippen LogP contribution >= 0.6 is 55.0 Å². The Kier molecular flexibility index (Phi) is 10.2. The van der Waals surface area contributed by atoms with Crippen LogP contribution in [0.3, 0.4) is 0 Å². The Bertz CT molecular complexity index is 1380. The van der Waals surface area contributed by atoms with E-state index in [0.29, 0.717) is 24.7 Å². The number of thiazole rings is 1. The fourth-order valence-electron chi connectivity index (χ4n) is 3.25. The lowest BCUT2D eigenvalue weighted by Gasteiger charge is -2.15. The summed E-state index contributed by atoms with van der Waals surface area (Å²) in [5.41, 5.74) is 6.32. The first-order valence-electron chi connectivity index (χ1n) is 11.3. The predicted octanol–water partition coefficient (Wildman–Crippen LogP) is 7.56. The highest BCUT2D eigenvalue weighted by atomic mass is 79.9. The zero-order valence-corrected chi connectivity index (χ0v) is 24.6. The van der Waals surface area contributed by atoms with Crippen molar-refractivity contribution in [2.75, 3.05) is 12.4 Å². The van der Waals surface area contributed by atoms with E-state index in [1.165, 1.54) is 23.1 Å². The molecule has 4 aromatic rings. The average Bonchev–Trinajstić information content (AvgIpc) is 3.37. The molecular weight excluding hydrogens is 638 g/mol. The highest BCUT2D eigenvalue weighted by Crippen LogP contribution is 2.37. The summed E-state index contributed by atoms with van der Waals surface area (Å²) in [5, 5.41) is 6.10. The lowest BCUT2D eigenvalue weighted by Crippen LogP contribution is -2.19. The summed E-state index contributed by atoms with van der Waals surface area (Å²) in [6, 6.07) is 21.6. The molecule has 0 atom stereocenters. The minimum absolute atomic E-state index is 0.212. The Balaban J connectivity index is 1.33. The van der Waals surface area contributed by atoms with Gasteiger partial charge in [0.15, 0.2) is 15.8 Å². The molecule has 1 amide bonds. The minimum atomic E-state index is -0.212. The van der Waals surface area contributed by atoms with Crippen LogP contribution in [0.4, 0.5) is 0 Å². The summed E-state index contributed by atoms with van der Waals surface area (Å²) in [6.45, 7) is 2.79. The van der Waals surface area contributed by atoms with Gasteiger partial charge in [-0.25, -0.2) is 10.4 Å². The summed E-state index contributed by atoms with van der Waals surface area (Å²) in [6.07, 6.45) is 1.57. The van der Waals surface area contributed by atoms with Crippen molar-refractivity contribution in [3.63, 3.8) is 0 Å². The van der Waals surface area contributed by atoms with Crippen LogP contribution < -0.4 is 14.9 Å². The molecule has 0 aliphatic rings. The first-order valence-corrected chi connectivity index (χ1v) is 14.8. The number of benzene rings is 3. The maximum atomic E-state index is 12.3. The van der Waals surface area contributed by atoms with Gasteiger partial charge in [-0.15, -0.1) is 11.3 Å². The van der Waals surface area contributed by atoms with Crippen LogP contribution in [-0.4, -0.2) is 29.5 Å². The van der Waals surface area contributed by atoms with E-state index >= 15 is 0 Å². The van der Waals surface area contributed by atoms with Crippen LogP contribution in [0.25, 0.3) is 11.3 Å². The Morgan fingerprint density at radius 2 is 1.95 bits per heavy atom. The molecule has 6 nitrogen and oxygen atoms in total. The number of thioether (sulfide) groups is 1. The second kappa shape index (κ2) is 13.8. The Morgan fingerprint density at radius 3 is 2.73 bits per heavy atom. The highest BCUT2D eigenvalue weighted by Gasteiger charge is 2.13. The van der Waals surface area contributed by atoms with Gasteiger partial charge in [-0.05, 0) is 58.2 Å². The molecule has 3 aromatic carbocycles. The molecule has 1 N–H and O–H groups in total. The molecule has 0 bridgehead atoms. The summed E-state index contributed by atoms with van der Waals surface area (Å²) < 4.78 is 14.4. The van der Waals surface area contributed by atoms with Crippen LogP contribution in [0.1, 0.15) is 18.1 Å². The molecule has 0 unspecified atom stereocenters. The van der Waals surface area contributed by atoms with Gasteiger partial charge in [0.05, 0.1) is 28.7 Å². The molecule has 1 aromatic heterocycles. The van der Waals surface area contributed by atoms with Crippen molar-refractivity contribution in [3.05, 3.63) is 92.2 Å². The Morgan fingerprint density at radius 1 is 1.11 bits per heavy atom. The number of aromatic nitrogens is 1. The number of carbonyl (C=O) groups excluding carboxylic acids is 1. The standard InChI is InChI=1S/C27H23Br2N3O3S2/c1-2-34-24-13-19(12-22(29)26(24)35-15-18-7-6-10-21(28)11-18)14-30-32-25(33)17-37-27-31-23(16-36-27)20-8-4-3-5-9-20/h3-14,16H,2,15,17H2,1H3,(H,32,33)/b30-14+. The number of hydrogen-bond donors (Lipinski definition) is 1. The first-order chi connectivity index (χ1) is 18.0.